The fourth-order valence-corrected chi connectivity index (χ4v) is 4.01. The second-order valence-electron chi connectivity index (χ2n) is 7.54. The van der Waals surface area contributed by atoms with Crippen molar-refractivity contribution in [3.63, 3.8) is 0 Å². The fraction of sp³-hybridized carbons (Fsp3) is 0.619. The van der Waals surface area contributed by atoms with Crippen LogP contribution in [0.1, 0.15) is 51.0 Å². The SMILES string of the molecule is CCCN1C(=O)NC(COCc2ccccc2)C1C(=O)NC1CCCCC1. The van der Waals surface area contributed by atoms with Gasteiger partial charge in [0.15, 0.2) is 0 Å². The standard InChI is InChI=1S/C21H31N3O3/c1-2-13-24-19(20(25)22-17-11-7-4-8-12-17)18(23-21(24)26)15-27-14-16-9-5-3-6-10-16/h3,5-6,9-10,17-19H,2,4,7-8,11-15H2,1H3,(H,22,25)(H,23,26). The van der Waals surface area contributed by atoms with Crippen molar-refractivity contribution in [3.05, 3.63) is 35.9 Å². The summed E-state index contributed by atoms with van der Waals surface area (Å²) < 4.78 is 5.83. The number of hydrogen-bond donors (Lipinski definition) is 2. The highest BCUT2D eigenvalue weighted by Crippen LogP contribution is 2.20. The summed E-state index contributed by atoms with van der Waals surface area (Å²) in [6.45, 7) is 3.38. The molecule has 1 aromatic carbocycles. The molecule has 3 amide bonds. The number of benzene rings is 1. The van der Waals surface area contributed by atoms with Crippen molar-refractivity contribution in [2.75, 3.05) is 13.2 Å². The Hall–Kier alpha value is -2.08. The molecule has 0 spiro atoms. The van der Waals surface area contributed by atoms with Gasteiger partial charge in [-0.3, -0.25) is 4.79 Å². The lowest BCUT2D eigenvalue weighted by atomic mass is 9.95. The largest absolute Gasteiger partial charge is 0.375 e. The smallest absolute Gasteiger partial charge is 0.318 e. The van der Waals surface area contributed by atoms with Crippen molar-refractivity contribution in [2.45, 2.75) is 70.2 Å². The normalized spacial score (nSPS) is 23.3. The number of ether oxygens (including phenoxy) is 1. The van der Waals surface area contributed by atoms with Gasteiger partial charge in [0.1, 0.15) is 6.04 Å². The maximum absolute atomic E-state index is 13.0. The number of hydrogen-bond acceptors (Lipinski definition) is 3. The van der Waals surface area contributed by atoms with E-state index >= 15 is 0 Å². The van der Waals surface area contributed by atoms with E-state index in [1.54, 1.807) is 4.90 Å². The molecule has 2 unspecified atom stereocenters. The number of carbonyl (C=O) groups excluding carboxylic acids is 2. The number of nitrogens with one attached hydrogen (secondary N) is 2. The number of urea groups is 1. The third-order valence-corrected chi connectivity index (χ3v) is 5.38. The lowest BCUT2D eigenvalue weighted by molar-refractivity contribution is -0.126. The van der Waals surface area contributed by atoms with Crippen LogP contribution >= 0.6 is 0 Å². The second-order valence-corrected chi connectivity index (χ2v) is 7.54. The van der Waals surface area contributed by atoms with E-state index in [9.17, 15) is 9.59 Å². The topological polar surface area (TPSA) is 70.7 Å². The first kappa shape index (κ1) is 19.7. The Kier molecular flexibility index (Phi) is 7.10. The fourth-order valence-electron chi connectivity index (χ4n) is 4.01. The second kappa shape index (κ2) is 9.74. The highest BCUT2D eigenvalue weighted by Gasteiger charge is 2.44. The summed E-state index contributed by atoms with van der Waals surface area (Å²) in [4.78, 5) is 27.0. The van der Waals surface area contributed by atoms with Gasteiger partial charge in [-0.15, -0.1) is 0 Å². The Labute approximate surface area is 161 Å². The van der Waals surface area contributed by atoms with E-state index in [0.29, 0.717) is 19.8 Å². The highest BCUT2D eigenvalue weighted by atomic mass is 16.5. The van der Waals surface area contributed by atoms with E-state index in [1.165, 1.54) is 6.42 Å². The van der Waals surface area contributed by atoms with Crippen molar-refractivity contribution < 1.29 is 14.3 Å². The predicted molar refractivity (Wildman–Crippen MR) is 104 cm³/mol. The predicted octanol–water partition coefficient (Wildman–Crippen LogP) is 2.82. The molecule has 1 heterocycles. The van der Waals surface area contributed by atoms with Crippen LogP contribution in [0.2, 0.25) is 0 Å². The minimum atomic E-state index is -0.504. The number of nitrogens with zero attached hydrogens (tertiary/aromatic N) is 1. The highest BCUT2D eigenvalue weighted by molar-refractivity contribution is 5.91. The van der Waals surface area contributed by atoms with Crippen molar-refractivity contribution in [2.24, 2.45) is 0 Å². The number of amides is 3. The van der Waals surface area contributed by atoms with Crippen LogP contribution in [0.4, 0.5) is 4.79 Å². The summed E-state index contributed by atoms with van der Waals surface area (Å²) in [7, 11) is 0. The average Bonchev–Trinajstić information content (AvgIpc) is 2.99. The Bertz CT molecular complexity index is 616. The maximum Gasteiger partial charge on any atom is 0.318 e. The molecule has 2 N–H and O–H groups in total. The molecule has 1 aromatic rings. The van der Waals surface area contributed by atoms with Crippen LogP contribution in [0.25, 0.3) is 0 Å². The van der Waals surface area contributed by atoms with Crippen LogP contribution < -0.4 is 10.6 Å². The van der Waals surface area contributed by atoms with E-state index in [2.05, 4.69) is 10.6 Å². The van der Waals surface area contributed by atoms with E-state index in [4.69, 9.17) is 4.74 Å². The quantitative estimate of drug-likeness (QED) is 0.736. The van der Waals surface area contributed by atoms with E-state index < -0.39 is 6.04 Å². The summed E-state index contributed by atoms with van der Waals surface area (Å²) in [5, 5.41) is 6.12. The first-order valence-electron chi connectivity index (χ1n) is 10.2. The van der Waals surface area contributed by atoms with Gasteiger partial charge in [-0.25, -0.2) is 4.79 Å². The molecule has 0 radical (unpaired) electrons. The van der Waals surface area contributed by atoms with E-state index in [1.807, 2.05) is 37.3 Å². The first-order chi connectivity index (χ1) is 13.2. The lowest BCUT2D eigenvalue weighted by Gasteiger charge is -2.29. The van der Waals surface area contributed by atoms with Crippen molar-refractivity contribution >= 4 is 11.9 Å². The molecule has 2 atom stereocenters. The molecule has 0 bridgehead atoms. The van der Waals surface area contributed by atoms with Gasteiger partial charge in [-0.1, -0.05) is 56.5 Å². The Balaban J connectivity index is 1.61. The summed E-state index contributed by atoms with van der Waals surface area (Å²) in [5.74, 6) is -0.0537. The van der Waals surface area contributed by atoms with Crippen LogP contribution in [0, 0.1) is 0 Å². The van der Waals surface area contributed by atoms with Gasteiger partial charge in [-0.2, -0.15) is 0 Å². The zero-order chi connectivity index (χ0) is 19.1. The molecule has 0 aromatic heterocycles. The van der Waals surface area contributed by atoms with Gasteiger partial charge in [0.05, 0.1) is 19.3 Å². The van der Waals surface area contributed by atoms with Crippen molar-refractivity contribution in [3.8, 4) is 0 Å². The van der Waals surface area contributed by atoms with Gasteiger partial charge in [0.2, 0.25) is 5.91 Å². The van der Waals surface area contributed by atoms with Crippen LogP contribution in [-0.2, 0) is 16.1 Å². The molecular weight excluding hydrogens is 342 g/mol. The van der Waals surface area contributed by atoms with Crippen molar-refractivity contribution in [1.29, 1.82) is 0 Å². The minimum Gasteiger partial charge on any atom is -0.375 e. The molecule has 2 fully saturated rings. The first-order valence-corrected chi connectivity index (χ1v) is 10.2. The number of carbonyl (C=O) groups is 2. The monoisotopic (exact) mass is 373 g/mol. The van der Waals surface area contributed by atoms with Gasteiger partial charge >= 0.3 is 6.03 Å². The molecule has 1 aliphatic heterocycles. The van der Waals surface area contributed by atoms with Crippen LogP contribution in [0.3, 0.4) is 0 Å². The molecular formula is C21H31N3O3. The van der Waals surface area contributed by atoms with Crippen LogP contribution in [0.5, 0.6) is 0 Å². The number of rotatable bonds is 8. The lowest BCUT2D eigenvalue weighted by Crippen LogP contribution is -2.53. The minimum absolute atomic E-state index is 0.0537. The molecule has 6 nitrogen and oxygen atoms in total. The summed E-state index contributed by atoms with van der Waals surface area (Å²) in [5.41, 5.74) is 1.08. The Morgan fingerprint density at radius 1 is 1.22 bits per heavy atom. The van der Waals surface area contributed by atoms with E-state index in [0.717, 1.165) is 37.7 Å². The van der Waals surface area contributed by atoms with Gasteiger partial charge < -0.3 is 20.3 Å². The van der Waals surface area contributed by atoms with Crippen molar-refractivity contribution in [1.82, 2.24) is 15.5 Å². The Morgan fingerprint density at radius 3 is 2.67 bits per heavy atom. The summed E-state index contributed by atoms with van der Waals surface area (Å²) in [6.07, 6.45) is 6.45. The maximum atomic E-state index is 13.0. The molecule has 1 aliphatic carbocycles. The summed E-state index contributed by atoms with van der Waals surface area (Å²) >= 11 is 0. The molecule has 2 aliphatic rings. The van der Waals surface area contributed by atoms with Crippen LogP contribution in [0.15, 0.2) is 30.3 Å². The molecule has 6 heteroatoms. The zero-order valence-electron chi connectivity index (χ0n) is 16.2. The van der Waals surface area contributed by atoms with Gasteiger partial charge in [0.25, 0.3) is 0 Å². The van der Waals surface area contributed by atoms with Gasteiger partial charge in [-0.05, 0) is 24.8 Å². The van der Waals surface area contributed by atoms with Gasteiger partial charge in [0, 0.05) is 12.6 Å². The van der Waals surface area contributed by atoms with E-state index in [-0.39, 0.29) is 24.0 Å². The summed E-state index contributed by atoms with van der Waals surface area (Å²) in [6, 6.07) is 9.15. The third-order valence-electron chi connectivity index (χ3n) is 5.38. The molecule has 148 valence electrons. The zero-order valence-corrected chi connectivity index (χ0v) is 16.2. The van der Waals surface area contributed by atoms with Crippen LogP contribution in [-0.4, -0.2) is 48.1 Å². The molecule has 1 saturated carbocycles. The average molecular weight is 373 g/mol. The third kappa shape index (κ3) is 5.22. The molecule has 27 heavy (non-hydrogen) atoms. The molecule has 1 saturated heterocycles. The Morgan fingerprint density at radius 2 is 1.96 bits per heavy atom. The molecule has 3 rings (SSSR count).